The Morgan fingerprint density at radius 3 is 2.80 bits per heavy atom. The van der Waals surface area contributed by atoms with Crippen molar-refractivity contribution in [3.8, 4) is 5.75 Å². The maximum atomic E-state index is 12.7. The number of piperazine rings is 1. The number of carbonyl (C=O) groups is 1. The van der Waals surface area contributed by atoms with Gasteiger partial charge in [0.25, 0.3) is 5.91 Å². The third kappa shape index (κ3) is 4.60. The molecular formula is C24H26N4O2. The third-order valence-corrected chi connectivity index (χ3v) is 5.34. The van der Waals surface area contributed by atoms with Crippen molar-refractivity contribution in [3.63, 3.8) is 0 Å². The van der Waals surface area contributed by atoms with E-state index in [4.69, 9.17) is 4.74 Å². The molecule has 1 aliphatic heterocycles. The Kier molecular flexibility index (Phi) is 6.25. The number of hydrogen-bond donors (Lipinski definition) is 2. The van der Waals surface area contributed by atoms with E-state index in [9.17, 15) is 4.79 Å². The number of pyridine rings is 1. The van der Waals surface area contributed by atoms with E-state index in [-0.39, 0.29) is 11.9 Å². The molecule has 0 bridgehead atoms. The zero-order chi connectivity index (χ0) is 20.8. The standard InChI is InChI=1S/C24H26N4O2/c1-30-22-10-6-5-9-20(22)16-27-24(29)19-11-12-26-23(15-19)28-14-13-25-21(17-28)18-7-3-2-4-8-18/h2-12,15,21,25H,13-14,16-17H2,1H3,(H,27,29). The van der Waals surface area contributed by atoms with Gasteiger partial charge in [-0.2, -0.15) is 0 Å². The summed E-state index contributed by atoms with van der Waals surface area (Å²) in [6.45, 7) is 2.93. The van der Waals surface area contributed by atoms with Gasteiger partial charge in [-0.25, -0.2) is 4.98 Å². The van der Waals surface area contributed by atoms with Gasteiger partial charge >= 0.3 is 0 Å². The molecule has 1 aromatic heterocycles. The van der Waals surface area contributed by atoms with Gasteiger partial charge < -0.3 is 20.3 Å². The zero-order valence-electron chi connectivity index (χ0n) is 17.0. The SMILES string of the molecule is COc1ccccc1CNC(=O)c1ccnc(N2CCNC(c3ccccc3)C2)c1. The molecule has 0 aliphatic carbocycles. The Balaban J connectivity index is 1.43. The Hall–Kier alpha value is -3.38. The number of para-hydroxylation sites is 1. The summed E-state index contributed by atoms with van der Waals surface area (Å²) in [5.74, 6) is 1.46. The van der Waals surface area contributed by atoms with Crippen molar-refractivity contribution in [2.45, 2.75) is 12.6 Å². The van der Waals surface area contributed by atoms with Crippen molar-refractivity contribution in [1.29, 1.82) is 0 Å². The van der Waals surface area contributed by atoms with Crippen LogP contribution in [0.25, 0.3) is 0 Å². The quantitative estimate of drug-likeness (QED) is 0.663. The number of carbonyl (C=O) groups excluding carboxylic acids is 1. The van der Waals surface area contributed by atoms with E-state index in [2.05, 4.69) is 44.8 Å². The van der Waals surface area contributed by atoms with Gasteiger partial charge in [0.1, 0.15) is 11.6 Å². The summed E-state index contributed by atoms with van der Waals surface area (Å²) >= 11 is 0. The maximum Gasteiger partial charge on any atom is 0.251 e. The normalized spacial score (nSPS) is 16.2. The number of nitrogens with zero attached hydrogens (tertiary/aromatic N) is 2. The molecule has 1 saturated heterocycles. The molecule has 1 amide bonds. The number of ether oxygens (including phenoxy) is 1. The van der Waals surface area contributed by atoms with Gasteiger partial charge in [0.15, 0.2) is 0 Å². The summed E-state index contributed by atoms with van der Waals surface area (Å²) in [4.78, 5) is 19.5. The van der Waals surface area contributed by atoms with E-state index >= 15 is 0 Å². The van der Waals surface area contributed by atoms with Gasteiger partial charge in [-0.1, -0.05) is 48.5 Å². The highest BCUT2D eigenvalue weighted by Crippen LogP contribution is 2.22. The number of aromatic nitrogens is 1. The molecule has 1 unspecified atom stereocenters. The number of amides is 1. The van der Waals surface area contributed by atoms with Crippen LogP contribution in [0, 0.1) is 0 Å². The molecule has 2 N–H and O–H groups in total. The molecule has 0 radical (unpaired) electrons. The van der Waals surface area contributed by atoms with Crippen molar-refractivity contribution >= 4 is 11.7 Å². The van der Waals surface area contributed by atoms with E-state index in [0.717, 1.165) is 36.8 Å². The summed E-state index contributed by atoms with van der Waals surface area (Å²) < 4.78 is 5.35. The first-order valence-corrected chi connectivity index (χ1v) is 10.1. The average Bonchev–Trinajstić information content (AvgIpc) is 2.83. The number of hydrogen-bond acceptors (Lipinski definition) is 5. The number of rotatable bonds is 6. The maximum absolute atomic E-state index is 12.7. The summed E-state index contributed by atoms with van der Waals surface area (Å²) in [5, 5.41) is 6.54. The Morgan fingerprint density at radius 2 is 1.97 bits per heavy atom. The Morgan fingerprint density at radius 1 is 1.17 bits per heavy atom. The van der Waals surface area contributed by atoms with Crippen LogP contribution in [0.2, 0.25) is 0 Å². The molecule has 4 rings (SSSR count). The van der Waals surface area contributed by atoms with Gasteiger partial charge in [-0.05, 0) is 23.8 Å². The first kappa shape index (κ1) is 19.9. The minimum Gasteiger partial charge on any atom is -0.496 e. The van der Waals surface area contributed by atoms with E-state index in [0.29, 0.717) is 12.1 Å². The van der Waals surface area contributed by atoms with Crippen LogP contribution in [-0.4, -0.2) is 37.6 Å². The van der Waals surface area contributed by atoms with Crippen LogP contribution in [-0.2, 0) is 6.54 Å². The molecule has 6 nitrogen and oxygen atoms in total. The minimum absolute atomic E-state index is 0.126. The predicted molar refractivity (Wildman–Crippen MR) is 118 cm³/mol. The Labute approximate surface area is 176 Å². The number of anilines is 1. The van der Waals surface area contributed by atoms with Crippen LogP contribution in [0.4, 0.5) is 5.82 Å². The van der Waals surface area contributed by atoms with Gasteiger partial charge in [-0.15, -0.1) is 0 Å². The van der Waals surface area contributed by atoms with E-state index in [1.165, 1.54) is 5.56 Å². The molecule has 0 spiro atoms. The van der Waals surface area contributed by atoms with Crippen LogP contribution in [0.3, 0.4) is 0 Å². The molecular weight excluding hydrogens is 376 g/mol. The fourth-order valence-corrected chi connectivity index (χ4v) is 3.73. The molecule has 2 heterocycles. The van der Waals surface area contributed by atoms with Gasteiger partial charge in [-0.3, -0.25) is 4.79 Å². The van der Waals surface area contributed by atoms with Gasteiger partial charge in [0.05, 0.1) is 7.11 Å². The lowest BCUT2D eigenvalue weighted by atomic mass is 10.0. The van der Waals surface area contributed by atoms with Crippen LogP contribution in [0.5, 0.6) is 5.75 Å². The highest BCUT2D eigenvalue weighted by atomic mass is 16.5. The predicted octanol–water partition coefficient (Wildman–Crippen LogP) is 3.17. The van der Waals surface area contributed by atoms with E-state index in [1.54, 1.807) is 19.4 Å². The second-order valence-corrected chi connectivity index (χ2v) is 7.26. The Bertz CT molecular complexity index is 993. The molecule has 1 fully saturated rings. The number of benzene rings is 2. The average molecular weight is 402 g/mol. The highest BCUT2D eigenvalue weighted by molar-refractivity contribution is 5.94. The topological polar surface area (TPSA) is 66.5 Å². The second-order valence-electron chi connectivity index (χ2n) is 7.26. The summed E-state index contributed by atoms with van der Waals surface area (Å²) in [5.41, 5.74) is 2.80. The molecule has 1 atom stereocenters. The first-order valence-electron chi connectivity index (χ1n) is 10.1. The van der Waals surface area contributed by atoms with Crippen LogP contribution in [0.1, 0.15) is 27.5 Å². The van der Waals surface area contributed by atoms with Crippen LogP contribution < -0.4 is 20.3 Å². The van der Waals surface area contributed by atoms with Crippen molar-refractivity contribution in [2.24, 2.45) is 0 Å². The number of methoxy groups -OCH3 is 1. The minimum atomic E-state index is -0.126. The van der Waals surface area contributed by atoms with Crippen LogP contribution >= 0.6 is 0 Å². The molecule has 1 aliphatic rings. The number of nitrogens with one attached hydrogen (secondary N) is 2. The molecule has 0 saturated carbocycles. The molecule has 30 heavy (non-hydrogen) atoms. The lowest BCUT2D eigenvalue weighted by Crippen LogP contribution is -2.46. The van der Waals surface area contributed by atoms with Crippen molar-refractivity contribution in [3.05, 3.63) is 89.6 Å². The van der Waals surface area contributed by atoms with Crippen molar-refractivity contribution in [2.75, 3.05) is 31.6 Å². The molecule has 2 aromatic carbocycles. The van der Waals surface area contributed by atoms with Crippen molar-refractivity contribution < 1.29 is 9.53 Å². The lowest BCUT2D eigenvalue weighted by Gasteiger charge is -2.34. The lowest BCUT2D eigenvalue weighted by molar-refractivity contribution is 0.0950. The molecule has 154 valence electrons. The van der Waals surface area contributed by atoms with E-state index < -0.39 is 0 Å². The summed E-state index contributed by atoms with van der Waals surface area (Å²) in [6.07, 6.45) is 1.70. The van der Waals surface area contributed by atoms with Crippen LogP contribution in [0.15, 0.2) is 72.9 Å². The van der Waals surface area contributed by atoms with Gasteiger partial charge in [0.2, 0.25) is 0 Å². The summed E-state index contributed by atoms with van der Waals surface area (Å²) in [6, 6.07) is 21.9. The molecule has 3 aromatic rings. The monoisotopic (exact) mass is 402 g/mol. The third-order valence-electron chi connectivity index (χ3n) is 5.34. The fourth-order valence-electron chi connectivity index (χ4n) is 3.73. The van der Waals surface area contributed by atoms with Crippen molar-refractivity contribution in [1.82, 2.24) is 15.6 Å². The first-order chi connectivity index (χ1) is 14.7. The van der Waals surface area contributed by atoms with E-state index in [1.807, 2.05) is 36.4 Å². The zero-order valence-corrected chi connectivity index (χ0v) is 17.0. The largest absolute Gasteiger partial charge is 0.496 e. The smallest absolute Gasteiger partial charge is 0.251 e. The highest BCUT2D eigenvalue weighted by Gasteiger charge is 2.22. The fraction of sp³-hybridized carbons (Fsp3) is 0.250. The van der Waals surface area contributed by atoms with Gasteiger partial charge in [0, 0.05) is 49.5 Å². The molecule has 6 heteroatoms. The summed E-state index contributed by atoms with van der Waals surface area (Å²) in [7, 11) is 1.63. The second kappa shape index (κ2) is 9.41.